The van der Waals surface area contributed by atoms with Crippen LogP contribution in [0.5, 0.6) is 5.75 Å². The number of ether oxygens (including phenoxy) is 1. The summed E-state index contributed by atoms with van der Waals surface area (Å²) in [5.41, 5.74) is 3.38. The quantitative estimate of drug-likeness (QED) is 0.286. The maximum Gasteiger partial charge on any atom is 0.220 e. The van der Waals surface area contributed by atoms with Crippen LogP contribution in [0.25, 0.3) is 0 Å². The predicted molar refractivity (Wildman–Crippen MR) is 112 cm³/mol. The van der Waals surface area contributed by atoms with Gasteiger partial charge >= 0.3 is 0 Å². The van der Waals surface area contributed by atoms with Crippen molar-refractivity contribution in [3.05, 3.63) is 101 Å². The first-order valence-electron chi connectivity index (χ1n) is 8.48. The van der Waals surface area contributed by atoms with E-state index in [1.165, 1.54) is 16.0 Å². The van der Waals surface area contributed by atoms with Crippen molar-refractivity contribution in [3.63, 3.8) is 0 Å². The Kier molecular flexibility index (Phi) is 6.29. The molecule has 3 aromatic carbocycles. The van der Waals surface area contributed by atoms with Crippen LogP contribution < -0.4 is 4.74 Å². The minimum Gasteiger partial charge on any atom is -0.439 e. The number of benzene rings is 3. The number of thioether (sulfide) groups is 1. The normalized spacial score (nSPS) is 11.7. The number of hydrogen-bond donors (Lipinski definition) is 0. The van der Waals surface area contributed by atoms with E-state index >= 15 is 0 Å². The molecule has 0 bridgehead atoms. The molecule has 0 heterocycles. The van der Waals surface area contributed by atoms with Crippen LogP contribution in [0, 0.1) is 13.8 Å². The van der Waals surface area contributed by atoms with E-state index in [1.54, 1.807) is 11.8 Å². The Balaban J connectivity index is 1.81. The van der Waals surface area contributed by atoms with Gasteiger partial charge in [-0.05, 0) is 60.7 Å². The lowest BCUT2D eigenvalue weighted by Gasteiger charge is -2.06. The number of rotatable bonds is 5. The first kappa shape index (κ1) is 18.0. The van der Waals surface area contributed by atoms with Gasteiger partial charge in [-0.25, -0.2) is 4.99 Å². The molecule has 0 aliphatic heterocycles. The molecule has 130 valence electrons. The van der Waals surface area contributed by atoms with Crippen molar-refractivity contribution in [2.75, 3.05) is 0 Å². The van der Waals surface area contributed by atoms with E-state index in [0.29, 0.717) is 5.90 Å². The zero-order valence-electron chi connectivity index (χ0n) is 14.9. The maximum absolute atomic E-state index is 5.96. The molecular formula is C23H21NOS. The van der Waals surface area contributed by atoms with Crippen molar-refractivity contribution in [3.8, 4) is 5.75 Å². The molecule has 0 aliphatic carbocycles. The Bertz CT molecular complexity index is 902. The van der Waals surface area contributed by atoms with E-state index in [2.05, 4.69) is 37.0 Å². The molecule has 3 aromatic rings. The Morgan fingerprint density at radius 2 is 1.58 bits per heavy atom. The largest absolute Gasteiger partial charge is 0.439 e. The highest BCUT2D eigenvalue weighted by molar-refractivity contribution is 8.02. The fourth-order valence-electron chi connectivity index (χ4n) is 2.33. The number of aryl methyl sites for hydroxylation is 2. The molecule has 3 rings (SSSR count). The van der Waals surface area contributed by atoms with Crippen molar-refractivity contribution in [1.82, 2.24) is 0 Å². The topological polar surface area (TPSA) is 21.6 Å². The highest BCUT2D eigenvalue weighted by atomic mass is 32.2. The molecule has 0 N–H and O–H groups in total. The van der Waals surface area contributed by atoms with Crippen molar-refractivity contribution in [2.45, 2.75) is 18.7 Å². The first-order valence-corrected chi connectivity index (χ1v) is 9.36. The zero-order valence-corrected chi connectivity index (χ0v) is 15.7. The highest BCUT2D eigenvalue weighted by Gasteiger charge is 2.01. The summed E-state index contributed by atoms with van der Waals surface area (Å²) < 4.78 is 5.96. The fraction of sp³-hybridized carbons (Fsp3) is 0.0870. The van der Waals surface area contributed by atoms with Crippen LogP contribution in [-0.2, 0) is 0 Å². The molecule has 26 heavy (non-hydrogen) atoms. The summed E-state index contributed by atoms with van der Waals surface area (Å²) in [6.07, 6.45) is 1.91. The van der Waals surface area contributed by atoms with E-state index < -0.39 is 0 Å². The van der Waals surface area contributed by atoms with Crippen LogP contribution in [0.2, 0.25) is 0 Å². The van der Waals surface area contributed by atoms with Crippen LogP contribution in [0.15, 0.2) is 100 Å². The number of aliphatic imine (C=N–C) groups is 1. The Labute approximate surface area is 159 Å². The van der Waals surface area contributed by atoms with Gasteiger partial charge in [0.05, 0.1) is 5.69 Å². The zero-order chi connectivity index (χ0) is 18.2. The summed E-state index contributed by atoms with van der Waals surface area (Å²) in [5.74, 6) is 1.32. The molecular weight excluding hydrogens is 338 g/mol. The molecule has 0 radical (unpaired) electrons. The van der Waals surface area contributed by atoms with E-state index in [-0.39, 0.29) is 0 Å². The van der Waals surface area contributed by atoms with E-state index in [1.807, 2.05) is 72.1 Å². The lowest BCUT2D eigenvalue weighted by molar-refractivity contribution is 0.556. The monoisotopic (exact) mass is 359 g/mol. The predicted octanol–water partition coefficient (Wildman–Crippen LogP) is 6.72. The van der Waals surface area contributed by atoms with Gasteiger partial charge in [-0.15, -0.1) is 0 Å². The number of hydrogen-bond acceptors (Lipinski definition) is 3. The minimum absolute atomic E-state index is 0.556. The molecule has 0 spiro atoms. The highest BCUT2D eigenvalue weighted by Crippen LogP contribution is 2.25. The van der Waals surface area contributed by atoms with E-state index in [0.717, 1.165) is 11.4 Å². The van der Waals surface area contributed by atoms with Gasteiger partial charge in [-0.3, -0.25) is 0 Å². The standard InChI is InChI=1S/C23H21NOS/c1-18-13-14-19(2)22(17-18)26-16-15-23(24-20-9-5-3-6-10-20)25-21-11-7-4-8-12-21/h3-17H,1-2H3. The lowest BCUT2D eigenvalue weighted by atomic mass is 10.2. The summed E-state index contributed by atoms with van der Waals surface area (Å²) in [7, 11) is 0. The summed E-state index contributed by atoms with van der Waals surface area (Å²) in [5, 5.41) is 2.02. The number of para-hydroxylation sites is 2. The summed E-state index contributed by atoms with van der Waals surface area (Å²) >= 11 is 1.67. The summed E-state index contributed by atoms with van der Waals surface area (Å²) in [6, 6.07) is 26.0. The van der Waals surface area contributed by atoms with E-state index in [4.69, 9.17) is 4.74 Å². The Morgan fingerprint density at radius 1 is 0.885 bits per heavy atom. The average Bonchev–Trinajstić information content (AvgIpc) is 2.66. The van der Waals surface area contributed by atoms with Crippen LogP contribution in [0.4, 0.5) is 5.69 Å². The second kappa shape index (κ2) is 9.07. The van der Waals surface area contributed by atoms with Crippen molar-refractivity contribution >= 4 is 23.3 Å². The van der Waals surface area contributed by atoms with Crippen molar-refractivity contribution < 1.29 is 4.74 Å². The third-order valence-corrected chi connectivity index (χ3v) is 4.68. The van der Waals surface area contributed by atoms with Crippen molar-refractivity contribution in [2.24, 2.45) is 4.99 Å². The third-order valence-electron chi connectivity index (χ3n) is 3.71. The van der Waals surface area contributed by atoms with E-state index in [9.17, 15) is 0 Å². The Hall–Kier alpha value is -2.78. The second-order valence-corrected chi connectivity index (χ2v) is 6.84. The number of nitrogens with zero attached hydrogens (tertiary/aromatic N) is 1. The fourth-order valence-corrected chi connectivity index (χ4v) is 3.17. The van der Waals surface area contributed by atoms with Gasteiger partial charge in [0, 0.05) is 11.0 Å². The van der Waals surface area contributed by atoms with Gasteiger partial charge in [0.1, 0.15) is 5.75 Å². The van der Waals surface area contributed by atoms with Crippen LogP contribution in [0.1, 0.15) is 11.1 Å². The second-order valence-electron chi connectivity index (χ2n) is 5.89. The SMILES string of the molecule is Cc1ccc(C)c(SC=CC(=Nc2ccccc2)Oc2ccccc2)c1. The molecule has 0 saturated carbocycles. The average molecular weight is 359 g/mol. The molecule has 0 saturated heterocycles. The van der Waals surface area contributed by atoms with Gasteiger partial charge < -0.3 is 4.74 Å². The first-order chi connectivity index (χ1) is 12.7. The van der Waals surface area contributed by atoms with Gasteiger partial charge in [-0.2, -0.15) is 0 Å². The molecule has 0 aromatic heterocycles. The summed E-state index contributed by atoms with van der Waals surface area (Å²) in [4.78, 5) is 5.86. The van der Waals surface area contributed by atoms with Crippen LogP contribution >= 0.6 is 11.8 Å². The Morgan fingerprint density at radius 3 is 2.31 bits per heavy atom. The van der Waals surface area contributed by atoms with Crippen LogP contribution in [0.3, 0.4) is 0 Å². The molecule has 0 unspecified atom stereocenters. The van der Waals surface area contributed by atoms with Gasteiger partial charge in [0.15, 0.2) is 0 Å². The van der Waals surface area contributed by atoms with Gasteiger partial charge in [0.2, 0.25) is 5.90 Å². The molecule has 3 heteroatoms. The molecule has 0 aliphatic rings. The van der Waals surface area contributed by atoms with Crippen molar-refractivity contribution in [1.29, 1.82) is 0 Å². The van der Waals surface area contributed by atoms with Gasteiger partial charge in [0.25, 0.3) is 0 Å². The maximum atomic E-state index is 5.96. The van der Waals surface area contributed by atoms with Gasteiger partial charge in [-0.1, -0.05) is 60.3 Å². The van der Waals surface area contributed by atoms with Crippen LogP contribution in [-0.4, -0.2) is 5.90 Å². The molecule has 0 fully saturated rings. The minimum atomic E-state index is 0.556. The third kappa shape index (κ3) is 5.36. The molecule has 2 nitrogen and oxygen atoms in total. The molecule has 0 amide bonds. The lowest BCUT2D eigenvalue weighted by Crippen LogP contribution is -2.04. The smallest absolute Gasteiger partial charge is 0.220 e. The summed E-state index contributed by atoms with van der Waals surface area (Å²) in [6.45, 7) is 4.23. The molecule has 0 atom stereocenters.